The van der Waals surface area contributed by atoms with Crippen molar-refractivity contribution in [3.63, 3.8) is 0 Å². The van der Waals surface area contributed by atoms with E-state index < -0.39 is 5.97 Å². The monoisotopic (exact) mass is 403 g/mol. The zero-order valence-electron chi connectivity index (χ0n) is 13.7. The number of thiophene rings is 2. The molecular weight excluding hydrogens is 390 g/mol. The van der Waals surface area contributed by atoms with Gasteiger partial charge in [0.2, 0.25) is 5.91 Å². The summed E-state index contributed by atoms with van der Waals surface area (Å²) in [6, 6.07) is 11.0. The molecule has 0 fully saturated rings. The summed E-state index contributed by atoms with van der Waals surface area (Å²) in [6.07, 6.45) is 3.17. The number of amides is 1. The van der Waals surface area contributed by atoms with Crippen LogP contribution in [-0.2, 0) is 9.53 Å². The summed E-state index contributed by atoms with van der Waals surface area (Å²) in [4.78, 5) is 25.5. The fraction of sp³-hybridized carbons (Fsp3) is 0.0526. The number of carbonyl (C=O) groups excluding carboxylic acids is 2. The minimum atomic E-state index is -0.506. The van der Waals surface area contributed by atoms with Gasteiger partial charge < -0.3 is 10.1 Å². The van der Waals surface area contributed by atoms with Gasteiger partial charge in [-0.1, -0.05) is 29.8 Å². The Morgan fingerprint density at radius 3 is 2.58 bits per heavy atom. The van der Waals surface area contributed by atoms with Crippen LogP contribution in [0.5, 0.6) is 0 Å². The summed E-state index contributed by atoms with van der Waals surface area (Å²) >= 11 is 8.74. The second kappa shape index (κ2) is 8.31. The smallest absolute Gasteiger partial charge is 0.341 e. The Bertz CT molecular complexity index is 944. The van der Waals surface area contributed by atoms with Gasteiger partial charge in [0, 0.05) is 26.9 Å². The van der Waals surface area contributed by atoms with Gasteiger partial charge in [0.25, 0.3) is 0 Å². The van der Waals surface area contributed by atoms with Crippen LogP contribution in [0.4, 0.5) is 5.00 Å². The van der Waals surface area contributed by atoms with Gasteiger partial charge in [-0.2, -0.15) is 0 Å². The second-order valence-electron chi connectivity index (χ2n) is 5.19. The van der Waals surface area contributed by atoms with E-state index in [4.69, 9.17) is 16.3 Å². The molecular formula is C19H14ClNO3S2. The van der Waals surface area contributed by atoms with Crippen LogP contribution in [0.1, 0.15) is 15.2 Å². The van der Waals surface area contributed by atoms with Crippen LogP contribution in [-0.4, -0.2) is 19.0 Å². The van der Waals surface area contributed by atoms with Crippen LogP contribution in [0.2, 0.25) is 5.02 Å². The molecule has 0 aliphatic heterocycles. The van der Waals surface area contributed by atoms with E-state index in [1.807, 2.05) is 35.0 Å². The highest BCUT2D eigenvalue weighted by Crippen LogP contribution is 2.36. The topological polar surface area (TPSA) is 55.4 Å². The van der Waals surface area contributed by atoms with Gasteiger partial charge in [0.1, 0.15) is 10.6 Å². The molecule has 132 valence electrons. The zero-order valence-corrected chi connectivity index (χ0v) is 16.1. The predicted octanol–water partition coefficient (Wildman–Crippen LogP) is 5.57. The van der Waals surface area contributed by atoms with Gasteiger partial charge in [-0.15, -0.1) is 22.7 Å². The average molecular weight is 404 g/mol. The zero-order chi connectivity index (χ0) is 18.5. The molecule has 1 amide bonds. The highest BCUT2D eigenvalue weighted by atomic mass is 35.5. The maximum absolute atomic E-state index is 12.3. The minimum Gasteiger partial charge on any atom is -0.465 e. The third kappa shape index (κ3) is 4.22. The average Bonchev–Trinajstić information content (AvgIpc) is 3.30. The van der Waals surface area contributed by atoms with Crippen molar-refractivity contribution in [1.82, 2.24) is 0 Å². The first-order chi connectivity index (χ1) is 12.6. The van der Waals surface area contributed by atoms with Gasteiger partial charge >= 0.3 is 5.97 Å². The van der Waals surface area contributed by atoms with Crippen molar-refractivity contribution >= 4 is 57.2 Å². The maximum Gasteiger partial charge on any atom is 0.341 e. The van der Waals surface area contributed by atoms with E-state index in [0.29, 0.717) is 21.2 Å². The van der Waals surface area contributed by atoms with Crippen LogP contribution < -0.4 is 5.32 Å². The number of hydrogen-bond donors (Lipinski definition) is 1. The van der Waals surface area contributed by atoms with E-state index >= 15 is 0 Å². The van der Waals surface area contributed by atoms with E-state index in [-0.39, 0.29) is 5.91 Å². The molecule has 0 saturated carbocycles. The van der Waals surface area contributed by atoms with Crippen molar-refractivity contribution in [1.29, 1.82) is 0 Å². The summed E-state index contributed by atoms with van der Waals surface area (Å²) in [5, 5.41) is 7.56. The molecule has 0 bridgehead atoms. The Hall–Kier alpha value is -2.41. The molecule has 2 heterocycles. The lowest BCUT2D eigenvalue weighted by molar-refractivity contribution is -0.111. The summed E-state index contributed by atoms with van der Waals surface area (Å²) < 4.78 is 4.90. The van der Waals surface area contributed by atoms with Gasteiger partial charge in [-0.3, -0.25) is 4.79 Å². The van der Waals surface area contributed by atoms with Crippen molar-refractivity contribution in [3.8, 4) is 11.1 Å². The van der Waals surface area contributed by atoms with Crippen molar-refractivity contribution in [3.05, 3.63) is 68.7 Å². The van der Waals surface area contributed by atoms with Crippen LogP contribution in [0.15, 0.2) is 53.2 Å². The number of benzene rings is 1. The van der Waals surface area contributed by atoms with Crippen molar-refractivity contribution in [2.45, 2.75) is 0 Å². The van der Waals surface area contributed by atoms with Gasteiger partial charge in [0.05, 0.1) is 7.11 Å². The van der Waals surface area contributed by atoms with E-state index in [2.05, 4.69) is 5.32 Å². The van der Waals surface area contributed by atoms with Crippen LogP contribution in [0.3, 0.4) is 0 Å². The Morgan fingerprint density at radius 2 is 1.92 bits per heavy atom. The molecule has 0 saturated heterocycles. The van der Waals surface area contributed by atoms with E-state index in [1.54, 1.807) is 18.2 Å². The molecule has 0 aliphatic rings. The molecule has 1 N–H and O–H groups in total. The molecule has 4 nitrogen and oxygen atoms in total. The van der Waals surface area contributed by atoms with E-state index in [0.717, 1.165) is 10.4 Å². The molecule has 0 spiro atoms. The lowest BCUT2D eigenvalue weighted by atomic mass is 10.0. The molecule has 1 aromatic carbocycles. The molecule has 0 atom stereocenters. The molecule has 3 aromatic rings. The fourth-order valence-corrected chi connectivity index (χ4v) is 4.00. The van der Waals surface area contributed by atoms with E-state index in [9.17, 15) is 9.59 Å². The summed E-state index contributed by atoms with van der Waals surface area (Å²) in [5.74, 6) is -0.818. The Morgan fingerprint density at radius 1 is 1.15 bits per heavy atom. The Balaban J connectivity index is 1.88. The third-order valence-corrected chi connectivity index (χ3v) is 5.50. The number of esters is 1. The molecule has 2 aromatic heterocycles. The van der Waals surface area contributed by atoms with Crippen molar-refractivity contribution in [2.75, 3.05) is 12.4 Å². The van der Waals surface area contributed by atoms with Gasteiger partial charge in [-0.05, 0) is 35.2 Å². The Kier molecular flexibility index (Phi) is 5.88. The molecule has 0 radical (unpaired) electrons. The molecule has 0 unspecified atom stereocenters. The quantitative estimate of drug-likeness (QED) is 0.447. The first-order valence-corrected chi connectivity index (χ1v) is 9.70. The van der Waals surface area contributed by atoms with Crippen LogP contribution in [0, 0.1) is 0 Å². The maximum atomic E-state index is 12.3. The second-order valence-corrected chi connectivity index (χ2v) is 7.49. The predicted molar refractivity (Wildman–Crippen MR) is 108 cm³/mol. The number of halogens is 1. The standard InChI is InChI=1S/C19H14ClNO3S2/c1-24-19(23)17-15(12-4-6-13(20)7-5-12)11-26-18(17)21-16(22)9-8-14-3-2-10-25-14/h2-11H,1H3,(H,21,22). The fourth-order valence-electron chi connectivity index (χ4n) is 2.29. The summed E-state index contributed by atoms with van der Waals surface area (Å²) in [7, 11) is 1.31. The number of methoxy groups -OCH3 is 1. The molecule has 7 heteroatoms. The molecule has 3 rings (SSSR count). The van der Waals surface area contributed by atoms with Crippen molar-refractivity contribution in [2.24, 2.45) is 0 Å². The number of nitrogens with one attached hydrogen (secondary N) is 1. The van der Waals surface area contributed by atoms with Crippen molar-refractivity contribution < 1.29 is 14.3 Å². The molecule has 0 aliphatic carbocycles. The Labute approximate surface area is 163 Å². The van der Waals surface area contributed by atoms with Crippen LogP contribution in [0.25, 0.3) is 17.2 Å². The number of anilines is 1. The first kappa shape index (κ1) is 18.4. The number of carbonyl (C=O) groups is 2. The highest BCUT2D eigenvalue weighted by Gasteiger charge is 2.21. The third-order valence-electron chi connectivity index (χ3n) is 3.51. The number of hydrogen-bond acceptors (Lipinski definition) is 5. The minimum absolute atomic E-state index is 0.312. The van der Waals surface area contributed by atoms with E-state index in [1.165, 1.54) is 35.9 Å². The van der Waals surface area contributed by atoms with Crippen LogP contribution >= 0.6 is 34.3 Å². The lowest BCUT2D eigenvalue weighted by Crippen LogP contribution is -2.11. The first-order valence-electron chi connectivity index (χ1n) is 7.57. The normalized spacial score (nSPS) is 10.8. The number of ether oxygens (including phenoxy) is 1. The lowest BCUT2D eigenvalue weighted by Gasteiger charge is -2.06. The van der Waals surface area contributed by atoms with Gasteiger partial charge in [0.15, 0.2) is 0 Å². The SMILES string of the molecule is COC(=O)c1c(-c2ccc(Cl)cc2)csc1NC(=O)C=Cc1cccs1. The summed E-state index contributed by atoms with van der Waals surface area (Å²) in [6.45, 7) is 0. The largest absolute Gasteiger partial charge is 0.465 e. The highest BCUT2D eigenvalue weighted by molar-refractivity contribution is 7.15. The number of rotatable bonds is 5. The summed E-state index contributed by atoms with van der Waals surface area (Å²) in [5.41, 5.74) is 1.84. The van der Waals surface area contributed by atoms with Gasteiger partial charge in [-0.25, -0.2) is 4.79 Å². The molecule has 26 heavy (non-hydrogen) atoms.